The van der Waals surface area contributed by atoms with Gasteiger partial charge in [0.25, 0.3) is 0 Å². The van der Waals surface area contributed by atoms with Gasteiger partial charge in [0.05, 0.1) is 6.10 Å². The van der Waals surface area contributed by atoms with E-state index in [9.17, 15) is 9.90 Å². The monoisotopic (exact) mass is 304 g/mol. The smallest absolute Gasteiger partial charge is 0.133 e. The van der Waals surface area contributed by atoms with E-state index >= 15 is 0 Å². The van der Waals surface area contributed by atoms with Gasteiger partial charge in [0.15, 0.2) is 0 Å². The Morgan fingerprint density at radius 1 is 0.955 bits per heavy atom. The van der Waals surface area contributed by atoms with E-state index in [0.717, 1.165) is 48.9 Å². The summed E-state index contributed by atoms with van der Waals surface area (Å²) in [6, 6.07) is 0. The topological polar surface area (TPSA) is 37.3 Å². The number of hydrogen-bond donors (Lipinski definition) is 1. The molecule has 0 aromatic rings. The number of fused-ring (bicyclic) bond motifs is 4. The number of carbonyl (C=O) groups excluding carboxylic acids is 1. The molecule has 0 radical (unpaired) electrons. The first-order valence-corrected chi connectivity index (χ1v) is 9.67. The molecule has 0 heterocycles. The Morgan fingerprint density at radius 2 is 1.73 bits per heavy atom. The van der Waals surface area contributed by atoms with Crippen molar-refractivity contribution < 1.29 is 9.90 Å². The highest BCUT2D eigenvalue weighted by Crippen LogP contribution is 2.63. The van der Waals surface area contributed by atoms with Gasteiger partial charge in [0.2, 0.25) is 0 Å². The van der Waals surface area contributed by atoms with Gasteiger partial charge in [-0.2, -0.15) is 0 Å². The predicted octanol–water partition coefficient (Wildman–Crippen LogP) is 4.21. The molecule has 0 bridgehead atoms. The summed E-state index contributed by atoms with van der Waals surface area (Å²) < 4.78 is 0. The summed E-state index contributed by atoms with van der Waals surface area (Å²) in [4.78, 5) is 12.1. The Labute approximate surface area is 135 Å². The first-order valence-electron chi connectivity index (χ1n) is 9.67. The zero-order valence-electron chi connectivity index (χ0n) is 14.3. The fraction of sp³-hybridized carbons (Fsp3) is 0.950. The van der Waals surface area contributed by atoms with E-state index in [1.165, 1.54) is 38.5 Å². The molecule has 0 saturated heterocycles. The summed E-state index contributed by atoms with van der Waals surface area (Å²) in [6.07, 6.45) is 11.1. The molecule has 0 aliphatic heterocycles. The van der Waals surface area contributed by atoms with Gasteiger partial charge < -0.3 is 5.11 Å². The molecule has 8 atom stereocenters. The van der Waals surface area contributed by atoms with Gasteiger partial charge in [-0.15, -0.1) is 0 Å². The third-order valence-electron chi connectivity index (χ3n) is 8.36. The third-order valence-corrected chi connectivity index (χ3v) is 8.36. The minimum Gasteiger partial charge on any atom is -0.393 e. The second-order valence-electron chi connectivity index (χ2n) is 9.28. The lowest BCUT2D eigenvalue weighted by Crippen LogP contribution is -2.48. The molecular formula is C20H32O2. The van der Waals surface area contributed by atoms with Crippen molar-refractivity contribution in [1.29, 1.82) is 0 Å². The number of carbonyl (C=O) groups is 1. The minimum atomic E-state index is -0.0276. The van der Waals surface area contributed by atoms with E-state index in [2.05, 4.69) is 6.92 Å². The molecule has 0 spiro atoms. The van der Waals surface area contributed by atoms with Gasteiger partial charge >= 0.3 is 0 Å². The summed E-state index contributed by atoms with van der Waals surface area (Å²) >= 11 is 0. The summed E-state index contributed by atoms with van der Waals surface area (Å²) in [5.74, 6) is 4.99. The molecule has 0 aromatic heterocycles. The van der Waals surface area contributed by atoms with Crippen molar-refractivity contribution in [3.63, 3.8) is 0 Å². The molecule has 0 amide bonds. The summed E-state index contributed by atoms with van der Waals surface area (Å²) in [5.41, 5.74) is 0.300. The minimum absolute atomic E-state index is 0.0276. The molecule has 2 heteroatoms. The van der Waals surface area contributed by atoms with Crippen LogP contribution in [0.1, 0.15) is 71.6 Å². The molecule has 4 saturated carbocycles. The van der Waals surface area contributed by atoms with E-state index in [0.29, 0.717) is 17.1 Å². The second-order valence-corrected chi connectivity index (χ2v) is 9.28. The standard InChI is InChI=1S/C20H32O2/c1-12(21)19-8-5-15-10-18-14(11-20(15,19)2)4-3-13-9-16(22)6-7-17(13)18/h13-19,22H,3-11H2,1-2H3/t13-,14-,15+,16+,17-,18-,19-,20+/m1/s1. The van der Waals surface area contributed by atoms with Crippen LogP contribution in [0.25, 0.3) is 0 Å². The quantitative estimate of drug-likeness (QED) is 0.788. The number of aliphatic hydroxyl groups is 1. The van der Waals surface area contributed by atoms with Crippen molar-refractivity contribution in [2.75, 3.05) is 0 Å². The van der Waals surface area contributed by atoms with Crippen LogP contribution >= 0.6 is 0 Å². The number of ketones is 1. The average molecular weight is 304 g/mol. The predicted molar refractivity (Wildman–Crippen MR) is 87.3 cm³/mol. The normalized spacial score (nSPS) is 54.2. The summed E-state index contributed by atoms with van der Waals surface area (Å²) in [7, 11) is 0. The Kier molecular flexibility index (Phi) is 3.67. The molecule has 4 aliphatic carbocycles. The van der Waals surface area contributed by atoms with Gasteiger partial charge in [-0.1, -0.05) is 6.92 Å². The van der Waals surface area contributed by atoms with E-state index < -0.39 is 0 Å². The van der Waals surface area contributed by atoms with Gasteiger partial charge in [-0.3, -0.25) is 4.79 Å². The van der Waals surface area contributed by atoms with Crippen LogP contribution in [0.3, 0.4) is 0 Å². The van der Waals surface area contributed by atoms with E-state index in [-0.39, 0.29) is 6.10 Å². The lowest BCUT2D eigenvalue weighted by molar-refractivity contribution is -0.128. The van der Waals surface area contributed by atoms with Crippen molar-refractivity contribution in [2.45, 2.75) is 77.7 Å². The largest absolute Gasteiger partial charge is 0.393 e. The highest BCUT2D eigenvalue weighted by molar-refractivity contribution is 5.79. The zero-order chi connectivity index (χ0) is 15.5. The van der Waals surface area contributed by atoms with Crippen molar-refractivity contribution in [1.82, 2.24) is 0 Å². The SMILES string of the molecule is CC(=O)[C@H]1CC[C@H]2C[C@@H]3[C@H](CC[C@@H]4C[C@@H](O)CC[C@H]43)C[C@@]21C. The Morgan fingerprint density at radius 3 is 2.50 bits per heavy atom. The molecule has 124 valence electrons. The fourth-order valence-electron chi connectivity index (χ4n) is 7.34. The lowest BCUT2D eigenvalue weighted by atomic mass is 9.50. The maximum absolute atomic E-state index is 12.1. The number of rotatable bonds is 1. The van der Waals surface area contributed by atoms with Gasteiger partial charge in [0.1, 0.15) is 5.78 Å². The number of Topliss-reactive ketones (excluding diaryl/α,β-unsaturated/α-hetero) is 1. The summed E-state index contributed by atoms with van der Waals surface area (Å²) in [6.45, 7) is 4.26. The average Bonchev–Trinajstić information content (AvgIpc) is 2.80. The highest BCUT2D eigenvalue weighted by Gasteiger charge is 2.56. The van der Waals surface area contributed by atoms with E-state index in [1.807, 2.05) is 6.92 Å². The van der Waals surface area contributed by atoms with Crippen LogP contribution in [0.15, 0.2) is 0 Å². The van der Waals surface area contributed by atoms with Gasteiger partial charge in [0, 0.05) is 5.92 Å². The fourth-order valence-corrected chi connectivity index (χ4v) is 7.34. The van der Waals surface area contributed by atoms with Crippen LogP contribution < -0.4 is 0 Å². The second kappa shape index (κ2) is 5.33. The molecule has 2 nitrogen and oxygen atoms in total. The van der Waals surface area contributed by atoms with Gasteiger partial charge in [-0.05, 0) is 99.7 Å². The molecule has 0 aromatic carbocycles. The Balaban J connectivity index is 1.55. The third kappa shape index (κ3) is 2.20. The van der Waals surface area contributed by atoms with Crippen LogP contribution in [0.5, 0.6) is 0 Å². The van der Waals surface area contributed by atoms with Crippen LogP contribution in [0.2, 0.25) is 0 Å². The number of aliphatic hydroxyl groups excluding tert-OH is 1. The Bertz CT molecular complexity index is 459. The maximum atomic E-state index is 12.1. The lowest BCUT2D eigenvalue weighted by Gasteiger charge is -2.55. The van der Waals surface area contributed by atoms with Crippen LogP contribution in [-0.4, -0.2) is 17.0 Å². The highest BCUT2D eigenvalue weighted by atomic mass is 16.3. The molecule has 0 unspecified atom stereocenters. The zero-order valence-corrected chi connectivity index (χ0v) is 14.3. The van der Waals surface area contributed by atoms with Crippen LogP contribution in [0.4, 0.5) is 0 Å². The maximum Gasteiger partial charge on any atom is 0.133 e. The van der Waals surface area contributed by atoms with Crippen molar-refractivity contribution >= 4 is 5.78 Å². The number of hydrogen-bond acceptors (Lipinski definition) is 2. The molecule has 4 aliphatic rings. The van der Waals surface area contributed by atoms with Gasteiger partial charge in [-0.25, -0.2) is 0 Å². The molecule has 4 fully saturated rings. The first-order chi connectivity index (χ1) is 10.5. The first kappa shape index (κ1) is 15.2. The van der Waals surface area contributed by atoms with Crippen molar-refractivity contribution in [3.05, 3.63) is 0 Å². The molecular weight excluding hydrogens is 272 g/mol. The van der Waals surface area contributed by atoms with E-state index in [4.69, 9.17) is 0 Å². The van der Waals surface area contributed by atoms with Crippen LogP contribution in [-0.2, 0) is 4.79 Å². The molecule has 4 rings (SSSR count). The van der Waals surface area contributed by atoms with E-state index in [1.54, 1.807) is 0 Å². The summed E-state index contributed by atoms with van der Waals surface area (Å²) in [5, 5.41) is 9.99. The van der Waals surface area contributed by atoms with Crippen molar-refractivity contribution in [2.24, 2.45) is 40.9 Å². The molecule has 1 N–H and O–H groups in total. The molecule has 22 heavy (non-hydrogen) atoms. The van der Waals surface area contributed by atoms with Crippen molar-refractivity contribution in [3.8, 4) is 0 Å². The van der Waals surface area contributed by atoms with Crippen LogP contribution in [0, 0.1) is 40.9 Å². The Hall–Kier alpha value is -0.370.